The molecule has 0 amide bonds. The summed E-state index contributed by atoms with van der Waals surface area (Å²) in [6.45, 7) is 8.63. The van der Waals surface area contributed by atoms with Crippen molar-refractivity contribution in [2.24, 2.45) is 11.8 Å². The summed E-state index contributed by atoms with van der Waals surface area (Å²) in [5, 5.41) is 0. The molecule has 0 atom stereocenters. The molecule has 23 heavy (non-hydrogen) atoms. The van der Waals surface area contributed by atoms with Gasteiger partial charge in [-0.2, -0.15) is 0 Å². The van der Waals surface area contributed by atoms with Gasteiger partial charge in [-0.25, -0.2) is 0 Å². The summed E-state index contributed by atoms with van der Waals surface area (Å²) >= 11 is 0. The quantitative estimate of drug-likeness (QED) is 0.332. The van der Waals surface area contributed by atoms with E-state index in [0.29, 0.717) is 11.8 Å². The van der Waals surface area contributed by atoms with Crippen LogP contribution in [0.25, 0.3) is 0 Å². The molecule has 0 aromatic rings. The van der Waals surface area contributed by atoms with Crippen LogP contribution in [0.1, 0.15) is 34.1 Å². The summed E-state index contributed by atoms with van der Waals surface area (Å²) in [7, 11) is 8.54. The van der Waals surface area contributed by atoms with E-state index in [-0.39, 0.29) is 0 Å². The van der Waals surface area contributed by atoms with Crippen LogP contribution in [0.3, 0.4) is 0 Å². The predicted octanol–water partition coefficient (Wildman–Crippen LogP) is 8.36. The Morgan fingerprint density at radius 3 is 1.57 bits per heavy atom. The molecule has 1 nitrogen and oxygen atoms in total. The van der Waals surface area contributed by atoms with E-state index in [1.54, 1.807) is 0 Å². The normalized spacial score (nSPS) is 22.0. The van der Waals surface area contributed by atoms with Gasteiger partial charge in [0.05, 0.1) is 0 Å². The molecule has 0 aromatic carbocycles. The molecule has 1 aliphatic rings. The minimum atomic E-state index is -4.77. The first-order chi connectivity index (χ1) is 9.52. The molecule has 0 unspecified atom stereocenters. The molecule has 1 aliphatic carbocycles. The van der Waals surface area contributed by atoms with Crippen molar-refractivity contribution < 1.29 is 13.3 Å². The SMILES string of the molecule is CC(C)CP(O)CC(C)C.[CH3][Ir]([CH3])([CH3])([CH3])([CH3])([Cl])([Cl])[C]1=CC=CC1. The zero-order valence-corrected chi connectivity index (χ0v) is 21.3. The van der Waals surface area contributed by atoms with E-state index in [0.717, 1.165) is 18.7 Å². The Bertz CT molecular complexity index is 498. The molecule has 0 aromatic heterocycles. The van der Waals surface area contributed by atoms with Crippen LogP contribution in [0.15, 0.2) is 22.3 Å². The second-order valence-corrected chi connectivity index (χ2v) is 79.8. The van der Waals surface area contributed by atoms with Crippen molar-refractivity contribution in [3.05, 3.63) is 22.3 Å². The van der Waals surface area contributed by atoms with E-state index in [9.17, 15) is 4.89 Å². The molecule has 0 heterocycles. The average Bonchev–Trinajstić information content (AvgIpc) is 2.62. The van der Waals surface area contributed by atoms with Crippen LogP contribution in [-0.2, 0) is 8.44 Å². The molecular formula is C18H39Cl2IrOP. The first kappa shape index (κ1) is 24.1. The molecule has 0 fully saturated rings. The maximum atomic E-state index is 9.45. The topological polar surface area (TPSA) is 20.2 Å². The second-order valence-electron chi connectivity index (χ2n) is 10.5. The van der Waals surface area contributed by atoms with Gasteiger partial charge in [0.1, 0.15) is 0 Å². The van der Waals surface area contributed by atoms with Crippen LogP contribution in [0.5, 0.6) is 0 Å². The molecule has 0 spiro atoms. The van der Waals surface area contributed by atoms with Crippen molar-refractivity contribution in [3.63, 3.8) is 0 Å². The number of hydrogen-bond donors (Lipinski definition) is 1. The van der Waals surface area contributed by atoms with E-state index in [1.807, 2.05) is 33.3 Å². The molecule has 145 valence electrons. The molecule has 5 heteroatoms. The maximum absolute atomic E-state index is 9.45. The molecular weight excluding hydrogens is 526 g/mol. The Labute approximate surface area is 148 Å². The average molecular weight is 566 g/mol. The van der Waals surface area contributed by atoms with Gasteiger partial charge in [0.25, 0.3) is 0 Å². The summed E-state index contributed by atoms with van der Waals surface area (Å²) in [5.41, 5.74) is 10.2. The van der Waals surface area contributed by atoms with Gasteiger partial charge < -0.3 is 4.89 Å². The molecule has 0 bridgehead atoms. The Balaban J connectivity index is 0.000000438. The van der Waals surface area contributed by atoms with Crippen molar-refractivity contribution >= 4 is 27.3 Å². The van der Waals surface area contributed by atoms with Crippen molar-refractivity contribution in [2.45, 2.75) is 61.3 Å². The van der Waals surface area contributed by atoms with Gasteiger partial charge in [-0.15, -0.1) is 0 Å². The Kier molecular flexibility index (Phi) is 5.33. The third kappa shape index (κ3) is 11.4. The first-order valence-corrected chi connectivity index (χ1v) is 28.5. The summed E-state index contributed by atoms with van der Waals surface area (Å²) in [6.07, 6.45) is 9.10. The van der Waals surface area contributed by atoms with Crippen LogP contribution in [0.2, 0.25) is 27.2 Å². The number of rotatable bonds is 5. The van der Waals surface area contributed by atoms with Crippen LogP contribution in [0, 0.1) is 11.8 Å². The van der Waals surface area contributed by atoms with Gasteiger partial charge in [-0.3, -0.25) is 0 Å². The summed E-state index contributed by atoms with van der Waals surface area (Å²) in [6, 6.07) is 0. The first-order valence-electron chi connectivity index (χ1n) is 7.76. The third-order valence-corrected chi connectivity index (χ3v) is 17.8. The third-order valence-electron chi connectivity index (χ3n) is 3.09. The minimum absolute atomic E-state index is 0.648. The molecule has 0 saturated heterocycles. The molecule has 0 aliphatic heterocycles. The predicted molar refractivity (Wildman–Crippen MR) is 111 cm³/mol. The van der Waals surface area contributed by atoms with Gasteiger partial charge in [0.15, 0.2) is 0 Å². The molecule has 1 N–H and O–H groups in total. The van der Waals surface area contributed by atoms with Crippen molar-refractivity contribution in [1.29, 1.82) is 0 Å². The number of allylic oxidation sites excluding steroid dienone is 4. The fraction of sp³-hybridized carbons (Fsp3) is 0.778. The van der Waals surface area contributed by atoms with Gasteiger partial charge in [0.2, 0.25) is 0 Å². The van der Waals surface area contributed by atoms with Gasteiger partial charge in [-0.1, -0.05) is 27.7 Å². The van der Waals surface area contributed by atoms with E-state index >= 15 is 0 Å². The monoisotopic (exact) mass is 565 g/mol. The molecule has 1 rings (SSSR count). The fourth-order valence-electron chi connectivity index (χ4n) is 2.04. The zero-order valence-electron chi connectivity index (χ0n) is 16.5. The Morgan fingerprint density at radius 2 is 1.39 bits per heavy atom. The second kappa shape index (κ2) is 5.09. The zero-order chi connectivity index (χ0) is 18.9. The van der Waals surface area contributed by atoms with Crippen molar-refractivity contribution in [3.8, 4) is 0 Å². The summed E-state index contributed by atoms with van der Waals surface area (Å²) < 4.78 is 1.18. The van der Waals surface area contributed by atoms with Crippen molar-refractivity contribution in [1.82, 2.24) is 0 Å². The Morgan fingerprint density at radius 1 is 1.00 bits per heavy atom. The van der Waals surface area contributed by atoms with E-state index in [2.05, 4.69) is 39.8 Å². The number of hydrogen-bond acceptors (Lipinski definition) is 1. The Hall–Kier alpha value is 1.10. The van der Waals surface area contributed by atoms with Gasteiger partial charge in [0, 0.05) is 8.15 Å². The van der Waals surface area contributed by atoms with Crippen molar-refractivity contribution in [2.75, 3.05) is 12.3 Å². The van der Waals surface area contributed by atoms with E-state index in [1.165, 1.54) is 4.09 Å². The standard InChI is InChI=1S/C8H19OP.C5H5.5CH3.2ClH.Ir/c1-7(2)5-10(9)6-8(3)4;1-2-4-5-3-1;;;;;;;;/h7-9H,5-6H2,1-4H3;1-3H,4H2;5*1H3;2*1H;/q;;;;;;;;;+2/p-2. The van der Waals surface area contributed by atoms with Crippen LogP contribution in [-0.4, -0.2) is 17.2 Å². The van der Waals surface area contributed by atoms with Crippen LogP contribution >= 0.6 is 27.3 Å². The van der Waals surface area contributed by atoms with Gasteiger partial charge in [-0.05, 0) is 24.2 Å². The van der Waals surface area contributed by atoms with E-state index in [4.69, 9.17) is 19.2 Å². The van der Waals surface area contributed by atoms with Gasteiger partial charge >= 0.3 is 83.5 Å². The fourth-order valence-corrected chi connectivity index (χ4v) is 11.0. The summed E-state index contributed by atoms with van der Waals surface area (Å²) in [5.74, 6) is 1.30. The van der Waals surface area contributed by atoms with E-state index < -0.39 is 16.6 Å². The van der Waals surface area contributed by atoms with Crippen LogP contribution < -0.4 is 0 Å². The summed E-state index contributed by atoms with van der Waals surface area (Å²) in [4.78, 5) is 9.45. The molecule has 0 radical (unpaired) electrons. The number of halogens is 2. The molecule has 0 saturated carbocycles. The van der Waals surface area contributed by atoms with Crippen LogP contribution in [0.4, 0.5) is 0 Å².